The van der Waals surface area contributed by atoms with Crippen LogP contribution in [-0.4, -0.2) is 27.3 Å². The van der Waals surface area contributed by atoms with Gasteiger partial charge in [-0.1, -0.05) is 12.1 Å². The highest BCUT2D eigenvalue weighted by Crippen LogP contribution is 2.23. The minimum atomic E-state index is -4.38. The summed E-state index contributed by atoms with van der Waals surface area (Å²) in [6.45, 7) is 0.596. The number of hydrogen-bond donors (Lipinski definition) is 1. The molecule has 0 saturated heterocycles. The number of nitrogens with zero attached hydrogens (tertiary/aromatic N) is 3. The third kappa shape index (κ3) is 4.01. The minimum absolute atomic E-state index is 0.0711. The molecule has 0 fully saturated rings. The van der Waals surface area contributed by atoms with Crippen molar-refractivity contribution in [1.82, 2.24) is 14.5 Å². The standard InChI is InChI=1S/C17H17F3N4O/c1-11(16-23-13-5-3-4-6-14(13)24(16)2)22-12-7-8-15(21-9-12)25-10-17(18,19)20/h3-9,11,22H,10H2,1-2H3. The van der Waals surface area contributed by atoms with E-state index in [1.54, 1.807) is 6.07 Å². The number of para-hydroxylation sites is 2. The largest absolute Gasteiger partial charge is 0.468 e. The molecule has 0 saturated carbocycles. The monoisotopic (exact) mass is 350 g/mol. The Morgan fingerprint density at radius 2 is 1.96 bits per heavy atom. The van der Waals surface area contributed by atoms with Gasteiger partial charge in [0.25, 0.3) is 0 Å². The number of ether oxygens (including phenoxy) is 1. The molecule has 0 radical (unpaired) electrons. The zero-order valence-corrected chi connectivity index (χ0v) is 13.7. The number of halogens is 3. The molecule has 2 aromatic heterocycles. The van der Waals surface area contributed by atoms with E-state index in [1.165, 1.54) is 12.3 Å². The summed E-state index contributed by atoms with van der Waals surface area (Å²) >= 11 is 0. The van der Waals surface area contributed by atoms with E-state index in [0.717, 1.165) is 16.9 Å². The van der Waals surface area contributed by atoms with E-state index in [0.29, 0.717) is 5.69 Å². The van der Waals surface area contributed by atoms with Gasteiger partial charge < -0.3 is 14.6 Å². The van der Waals surface area contributed by atoms with Gasteiger partial charge in [-0.2, -0.15) is 13.2 Å². The fourth-order valence-corrected chi connectivity index (χ4v) is 2.57. The number of pyridine rings is 1. The van der Waals surface area contributed by atoms with Crippen LogP contribution in [-0.2, 0) is 7.05 Å². The molecule has 1 N–H and O–H groups in total. The summed E-state index contributed by atoms with van der Waals surface area (Å²) in [5, 5.41) is 3.24. The minimum Gasteiger partial charge on any atom is -0.468 e. The van der Waals surface area contributed by atoms with E-state index in [1.807, 2.05) is 42.8 Å². The Morgan fingerprint density at radius 3 is 2.60 bits per heavy atom. The summed E-state index contributed by atoms with van der Waals surface area (Å²) in [5.41, 5.74) is 2.60. The number of aryl methyl sites for hydroxylation is 1. The van der Waals surface area contributed by atoms with Gasteiger partial charge >= 0.3 is 6.18 Å². The number of hydrogen-bond acceptors (Lipinski definition) is 4. The maximum absolute atomic E-state index is 12.1. The first-order valence-corrected chi connectivity index (χ1v) is 7.67. The van der Waals surface area contributed by atoms with Crippen molar-refractivity contribution >= 4 is 16.7 Å². The molecule has 132 valence electrons. The van der Waals surface area contributed by atoms with Gasteiger partial charge in [0.05, 0.1) is 29.0 Å². The van der Waals surface area contributed by atoms with Crippen molar-refractivity contribution in [3.8, 4) is 5.88 Å². The molecule has 0 amide bonds. The molecule has 0 aliphatic carbocycles. The van der Waals surface area contributed by atoms with E-state index in [-0.39, 0.29) is 11.9 Å². The Balaban J connectivity index is 1.70. The second-order valence-corrected chi connectivity index (χ2v) is 5.67. The topological polar surface area (TPSA) is 52.0 Å². The van der Waals surface area contributed by atoms with Crippen molar-refractivity contribution in [2.75, 3.05) is 11.9 Å². The Labute approximate surface area is 142 Å². The third-order valence-corrected chi connectivity index (χ3v) is 3.71. The molecule has 0 aliphatic heterocycles. The lowest BCUT2D eigenvalue weighted by Gasteiger charge is -2.15. The van der Waals surface area contributed by atoms with Gasteiger partial charge in [-0.3, -0.25) is 0 Å². The number of alkyl halides is 3. The number of benzene rings is 1. The molecule has 0 bridgehead atoms. The number of nitrogens with one attached hydrogen (secondary N) is 1. The number of imidazole rings is 1. The summed E-state index contributed by atoms with van der Waals surface area (Å²) in [6.07, 6.45) is -2.95. The molecule has 25 heavy (non-hydrogen) atoms. The van der Waals surface area contributed by atoms with Crippen molar-refractivity contribution in [2.24, 2.45) is 7.05 Å². The predicted molar refractivity (Wildman–Crippen MR) is 88.5 cm³/mol. The van der Waals surface area contributed by atoms with Crippen LogP contribution in [0.5, 0.6) is 5.88 Å². The van der Waals surface area contributed by atoms with Gasteiger partial charge in [0, 0.05) is 13.1 Å². The quantitative estimate of drug-likeness (QED) is 0.753. The maximum atomic E-state index is 12.1. The predicted octanol–water partition coefficient (Wildman–Crippen LogP) is 4.08. The van der Waals surface area contributed by atoms with Gasteiger partial charge in [-0.15, -0.1) is 0 Å². The van der Waals surface area contributed by atoms with Crippen molar-refractivity contribution in [1.29, 1.82) is 0 Å². The van der Waals surface area contributed by atoms with Gasteiger partial charge in [0.1, 0.15) is 5.82 Å². The third-order valence-electron chi connectivity index (χ3n) is 3.71. The normalized spacial score (nSPS) is 13.0. The zero-order valence-electron chi connectivity index (χ0n) is 13.7. The molecule has 1 atom stereocenters. The zero-order chi connectivity index (χ0) is 18.0. The SMILES string of the molecule is CC(Nc1ccc(OCC(F)(F)F)nc1)c1nc2ccccc2n1C. The first-order valence-electron chi connectivity index (χ1n) is 7.67. The molecular formula is C17H17F3N4O. The molecular weight excluding hydrogens is 333 g/mol. The van der Waals surface area contributed by atoms with Crippen molar-refractivity contribution in [3.63, 3.8) is 0 Å². The summed E-state index contributed by atoms with van der Waals surface area (Å²) in [6, 6.07) is 10.7. The summed E-state index contributed by atoms with van der Waals surface area (Å²) in [5.74, 6) is 0.775. The van der Waals surface area contributed by atoms with Crippen LogP contribution in [0.15, 0.2) is 42.6 Å². The highest BCUT2D eigenvalue weighted by atomic mass is 19.4. The van der Waals surface area contributed by atoms with Crippen LogP contribution in [0.25, 0.3) is 11.0 Å². The van der Waals surface area contributed by atoms with Crippen molar-refractivity contribution in [3.05, 3.63) is 48.4 Å². The van der Waals surface area contributed by atoms with Crippen LogP contribution < -0.4 is 10.1 Å². The highest BCUT2D eigenvalue weighted by Gasteiger charge is 2.28. The van der Waals surface area contributed by atoms with Crippen molar-refractivity contribution < 1.29 is 17.9 Å². The lowest BCUT2D eigenvalue weighted by Crippen LogP contribution is -2.19. The number of aromatic nitrogens is 3. The molecule has 1 unspecified atom stereocenters. The second kappa shape index (κ2) is 6.62. The molecule has 0 aliphatic rings. The first kappa shape index (κ1) is 17.1. The van der Waals surface area contributed by atoms with Crippen LogP contribution in [0.1, 0.15) is 18.8 Å². The average molecular weight is 350 g/mol. The van der Waals surface area contributed by atoms with Crippen LogP contribution in [0, 0.1) is 0 Å². The number of anilines is 1. The Bertz CT molecular complexity index is 858. The Hall–Kier alpha value is -2.77. The molecule has 8 heteroatoms. The number of fused-ring (bicyclic) bond motifs is 1. The molecule has 3 aromatic rings. The van der Waals surface area contributed by atoms with E-state index >= 15 is 0 Å². The Morgan fingerprint density at radius 1 is 1.20 bits per heavy atom. The highest BCUT2D eigenvalue weighted by molar-refractivity contribution is 5.76. The molecule has 1 aromatic carbocycles. The summed E-state index contributed by atoms with van der Waals surface area (Å²) < 4.78 is 43.0. The first-order chi connectivity index (χ1) is 11.8. The van der Waals surface area contributed by atoms with E-state index in [9.17, 15) is 13.2 Å². The molecule has 0 spiro atoms. The van der Waals surface area contributed by atoms with Crippen molar-refractivity contribution in [2.45, 2.75) is 19.1 Å². The smallest absolute Gasteiger partial charge is 0.422 e. The lowest BCUT2D eigenvalue weighted by atomic mass is 10.3. The van der Waals surface area contributed by atoms with Gasteiger partial charge in [0.15, 0.2) is 6.61 Å². The maximum Gasteiger partial charge on any atom is 0.422 e. The Kier molecular flexibility index (Phi) is 4.52. The average Bonchev–Trinajstić information content (AvgIpc) is 2.91. The van der Waals surface area contributed by atoms with Crippen LogP contribution in [0.4, 0.5) is 18.9 Å². The molecule has 5 nitrogen and oxygen atoms in total. The van der Waals surface area contributed by atoms with Gasteiger partial charge in [0.2, 0.25) is 5.88 Å². The summed E-state index contributed by atoms with van der Waals surface area (Å²) in [7, 11) is 1.94. The van der Waals surface area contributed by atoms with E-state index < -0.39 is 12.8 Å². The van der Waals surface area contributed by atoms with Gasteiger partial charge in [-0.05, 0) is 25.1 Å². The van der Waals surface area contributed by atoms with Crippen LogP contribution in [0.3, 0.4) is 0 Å². The fourth-order valence-electron chi connectivity index (χ4n) is 2.57. The second-order valence-electron chi connectivity index (χ2n) is 5.67. The van der Waals surface area contributed by atoms with Crippen LogP contribution >= 0.6 is 0 Å². The summed E-state index contributed by atoms with van der Waals surface area (Å²) in [4.78, 5) is 8.49. The van der Waals surface area contributed by atoms with E-state index in [2.05, 4.69) is 20.0 Å². The fraction of sp³-hybridized carbons (Fsp3) is 0.294. The van der Waals surface area contributed by atoms with Gasteiger partial charge in [-0.25, -0.2) is 9.97 Å². The molecule has 2 heterocycles. The molecule has 3 rings (SSSR count). The lowest BCUT2D eigenvalue weighted by molar-refractivity contribution is -0.154. The number of rotatable bonds is 5. The van der Waals surface area contributed by atoms with Crippen LogP contribution in [0.2, 0.25) is 0 Å². The van der Waals surface area contributed by atoms with E-state index in [4.69, 9.17) is 0 Å².